The molecule has 1 fully saturated rings. The van der Waals surface area contributed by atoms with Crippen LogP contribution in [0.15, 0.2) is 46.9 Å². The molecule has 0 unspecified atom stereocenters. The average Bonchev–Trinajstić information content (AvgIpc) is 2.61. The van der Waals surface area contributed by atoms with Gasteiger partial charge in [-0.1, -0.05) is 33.6 Å². The summed E-state index contributed by atoms with van der Waals surface area (Å²) >= 11 is 15.5. The maximum Gasteiger partial charge on any atom is 0.233 e. The lowest BCUT2D eigenvalue weighted by molar-refractivity contribution is -0.144. The number of carbonyl (C=O) groups is 1. The zero-order valence-electron chi connectivity index (χ0n) is 15.6. The Morgan fingerprint density at radius 1 is 1.32 bits per heavy atom. The molecule has 2 bridgehead atoms. The van der Waals surface area contributed by atoms with Gasteiger partial charge in [-0.05, 0) is 55.5 Å². The molecule has 8 heteroatoms. The van der Waals surface area contributed by atoms with Crippen LogP contribution in [0, 0.1) is 5.92 Å². The van der Waals surface area contributed by atoms with E-state index in [-0.39, 0.29) is 11.9 Å². The zero-order valence-corrected chi connectivity index (χ0v) is 18.7. The normalized spacial score (nSPS) is 25.5. The molecule has 2 aromatic carbocycles. The van der Waals surface area contributed by atoms with E-state index in [4.69, 9.17) is 28.6 Å². The molecule has 3 atom stereocenters. The monoisotopic (exact) mass is 479 g/mol. The van der Waals surface area contributed by atoms with Gasteiger partial charge in [0.05, 0.1) is 6.04 Å². The summed E-state index contributed by atoms with van der Waals surface area (Å²) in [6, 6.07) is 12.9. The van der Waals surface area contributed by atoms with Crippen molar-refractivity contribution in [2.24, 2.45) is 5.92 Å². The van der Waals surface area contributed by atoms with E-state index in [0.717, 1.165) is 15.7 Å². The number of benzene rings is 2. The van der Waals surface area contributed by atoms with Crippen LogP contribution in [0.4, 0.5) is 5.69 Å². The van der Waals surface area contributed by atoms with E-state index in [9.17, 15) is 4.79 Å². The summed E-state index contributed by atoms with van der Waals surface area (Å²) in [7, 11) is 3.49. The lowest BCUT2D eigenvalue weighted by Gasteiger charge is -2.56. The van der Waals surface area contributed by atoms with Gasteiger partial charge in [-0.3, -0.25) is 9.69 Å². The molecule has 2 heterocycles. The molecule has 1 saturated heterocycles. The molecule has 4 rings (SSSR count). The SMILES string of the molecule is CN(C)C(=O)[C@@H]1[C@H]2NC(=S)N(c3cccc(Br)c3)[C@@]1(C)Oc1ccc(Cl)cc12. The molecule has 0 radical (unpaired) electrons. The molecule has 0 saturated carbocycles. The summed E-state index contributed by atoms with van der Waals surface area (Å²) in [6.07, 6.45) is 0. The first-order valence-electron chi connectivity index (χ1n) is 8.78. The third kappa shape index (κ3) is 2.96. The fourth-order valence-corrected chi connectivity index (χ4v) is 5.00. The van der Waals surface area contributed by atoms with Crippen molar-refractivity contribution in [1.82, 2.24) is 10.2 Å². The first kappa shape index (κ1) is 19.5. The summed E-state index contributed by atoms with van der Waals surface area (Å²) in [5.41, 5.74) is 0.666. The first-order chi connectivity index (χ1) is 13.2. The van der Waals surface area contributed by atoms with Crippen molar-refractivity contribution in [3.05, 3.63) is 57.5 Å². The lowest BCUT2D eigenvalue weighted by atomic mass is 9.78. The van der Waals surface area contributed by atoms with Crippen LogP contribution in [0.25, 0.3) is 0 Å². The maximum atomic E-state index is 13.3. The Morgan fingerprint density at radius 3 is 2.75 bits per heavy atom. The van der Waals surface area contributed by atoms with Crippen LogP contribution in [-0.2, 0) is 4.79 Å². The molecule has 2 aliphatic heterocycles. The van der Waals surface area contributed by atoms with Crippen molar-refractivity contribution >= 4 is 56.5 Å². The third-order valence-electron chi connectivity index (χ3n) is 5.23. The van der Waals surface area contributed by atoms with Crippen LogP contribution in [0.2, 0.25) is 5.02 Å². The summed E-state index contributed by atoms with van der Waals surface area (Å²) in [5, 5.41) is 4.45. The second-order valence-electron chi connectivity index (χ2n) is 7.29. The Balaban J connectivity index is 1.93. The van der Waals surface area contributed by atoms with E-state index in [1.165, 1.54) is 0 Å². The van der Waals surface area contributed by atoms with Gasteiger partial charge >= 0.3 is 0 Å². The van der Waals surface area contributed by atoms with E-state index in [1.807, 2.05) is 48.2 Å². The minimum atomic E-state index is -1.00. The number of nitrogens with one attached hydrogen (secondary N) is 1. The zero-order chi connectivity index (χ0) is 20.2. The fraction of sp³-hybridized carbons (Fsp3) is 0.300. The van der Waals surface area contributed by atoms with Gasteiger partial charge in [0.2, 0.25) is 5.91 Å². The number of nitrogens with zero attached hydrogens (tertiary/aromatic N) is 2. The molecule has 1 amide bonds. The van der Waals surface area contributed by atoms with Crippen LogP contribution in [0.1, 0.15) is 18.5 Å². The van der Waals surface area contributed by atoms with Crippen molar-refractivity contribution < 1.29 is 9.53 Å². The Hall–Kier alpha value is -1.83. The lowest BCUT2D eigenvalue weighted by Crippen LogP contribution is -2.72. The van der Waals surface area contributed by atoms with Gasteiger partial charge in [0.15, 0.2) is 10.8 Å². The van der Waals surface area contributed by atoms with Crippen molar-refractivity contribution in [2.75, 3.05) is 19.0 Å². The quantitative estimate of drug-likeness (QED) is 0.648. The van der Waals surface area contributed by atoms with Gasteiger partial charge in [-0.15, -0.1) is 0 Å². The van der Waals surface area contributed by atoms with Crippen LogP contribution in [0.3, 0.4) is 0 Å². The summed E-state index contributed by atoms with van der Waals surface area (Å²) < 4.78 is 7.40. The number of ether oxygens (including phenoxy) is 1. The molecular formula is C20H19BrClN3O2S. The van der Waals surface area contributed by atoms with E-state index in [0.29, 0.717) is 15.9 Å². The van der Waals surface area contributed by atoms with Crippen molar-refractivity contribution in [2.45, 2.75) is 18.7 Å². The standard InChI is InChI=1S/C20H19BrClN3O2S/c1-20-16(18(26)24(2)3)17(14-10-12(22)7-8-15(14)27-20)23-19(28)25(20)13-6-4-5-11(21)9-13/h4-10,16-17H,1-3H3,(H,23,28)/t16-,17-,20-/m0/s1. The average molecular weight is 481 g/mol. The molecule has 28 heavy (non-hydrogen) atoms. The minimum Gasteiger partial charge on any atom is -0.467 e. The molecule has 146 valence electrons. The van der Waals surface area contributed by atoms with E-state index < -0.39 is 11.6 Å². The molecular weight excluding hydrogens is 462 g/mol. The highest BCUT2D eigenvalue weighted by atomic mass is 79.9. The number of thiocarbonyl (C=S) groups is 1. The Labute approximate surface area is 182 Å². The van der Waals surface area contributed by atoms with Crippen LogP contribution in [0.5, 0.6) is 5.75 Å². The Morgan fingerprint density at radius 2 is 2.07 bits per heavy atom. The first-order valence-corrected chi connectivity index (χ1v) is 10.4. The predicted molar refractivity (Wildman–Crippen MR) is 118 cm³/mol. The number of anilines is 1. The molecule has 2 aliphatic rings. The minimum absolute atomic E-state index is 0.0480. The summed E-state index contributed by atoms with van der Waals surface area (Å²) in [6.45, 7) is 1.91. The number of fused-ring (bicyclic) bond motifs is 4. The number of hydrogen-bond donors (Lipinski definition) is 1. The van der Waals surface area contributed by atoms with Crippen LogP contribution in [-0.4, -0.2) is 35.7 Å². The summed E-state index contributed by atoms with van der Waals surface area (Å²) in [4.78, 5) is 16.7. The van der Waals surface area contributed by atoms with Gasteiger partial charge in [-0.25, -0.2) is 0 Å². The smallest absolute Gasteiger partial charge is 0.233 e. The third-order valence-corrected chi connectivity index (χ3v) is 6.26. The number of rotatable bonds is 2. The second kappa shape index (κ2) is 6.90. The van der Waals surface area contributed by atoms with Crippen molar-refractivity contribution in [1.29, 1.82) is 0 Å². The van der Waals surface area contributed by atoms with Crippen LogP contribution >= 0.6 is 39.7 Å². The Kier molecular flexibility index (Phi) is 4.80. The van der Waals surface area contributed by atoms with Gasteiger partial charge in [0, 0.05) is 34.8 Å². The molecule has 0 aliphatic carbocycles. The van der Waals surface area contributed by atoms with Gasteiger partial charge in [0.1, 0.15) is 11.7 Å². The summed E-state index contributed by atoms with van der Waals surface area (Å²) in [5.74, 6) is 0.113. The van der Waals surface area contributed by atoms with E-state index >= 15 is 0 Å². The number of halogens is 2. The van der Waals surface area contributed by atoms with Gasteiger partial charge < -0.3 is 15.0 Å². The van der Waals surface area contributed by atoms with E-state index in [2.05, 4.69) is 21.2 Å². The molecule has 1 N–H and O–H groups in total. The highest BCUT2D eigenvalue weighted by molar-refractivity contribution is 9.10. The van der Waals surface area contributed by atoms with Gasteiger partial charge in [0.25, 0.3) is 0 Å². The fourth-order valence-electron chi connectivity index (χ4n) is 4.01. The highest BCUT2D eigenvalue weighted by Gasteiger charge is 2.59. The van der Waals surface area contributed by atoms with E-state index in [1.54, 1.807) is 25.1 Å². The van der Waals surface area contributed by atoms with Gasteiger partial charge in [-0.2, -0.15) is 0 Å². The largest absolute Gasteiger partial charge is 0.467 e. The molecule has 0 aromatic heterocycles. The molecule has 0 spiro atoms. The molecule has 5 nitrogen and oxygen atoms in total. The van der Waals surface area contributed by atoms with Crippen LogP contribution < -0.4 is 15.0 Å². The Bertz CT molecular complexity index is 986. The molecule has 2 aromatic rings. The number of amides is 1. The number of hydrogen-bond acceptors (Lipinski definition) is 3. The second-order valence-corrected chi connectivity index (χ2v) is 9.03. The highest BCUT2D eigenvalue weighted by Crippen LogP contribution is 2.50. The van der Waals surface area contributed by atoms with Crippen molar-refractivity contribution in [3.8, 4) is 5.75 Å². The topological polar surface area (TPSA) is 44.8 Å². The maximum absolute atomic E-state index is 13.3. The van der Waals surface area contributed by atoms with Crippen molar-refractivity contribution in [3.63, 3.8) is 0 Å². The number of carbonyl (C=O) groups excluding carboxylic acids is 1. The predicted octanol–water partition coefficient (Wildman–Crippen LogP) is 4.35.